The molecule has 1 aliphatic heterocycles. The zero-order valence-corrected chi connectivity index (χ0v) is 19.6. The van der Waals surface area contributed by atoms with Gasteiger partial charge < -0.3 is 29.4 Å². The highest BCUT2D eigenvalue weighted by Crippen LogP contribution is 2.40. The van der Waals surface area contributed by atoms with Crippen LogP contribution in [0.4, 0.5) is 0 Å². The molecule has 0 amide bonds. The Morgan fingerprint density at radius 3 is 2.30 bits per heavy atom. The first kappa shape index (κ1) is 27.3. The van der Waals surface area contributed by atoms with Crippen molar-refractivity contribution in [3.8, 4) is 6.07 Å². The lowest BCUT2D eigenvalue weighted by molar-refractivity contribution is -0.145. The molecular formula is C23H44N2O5. The van der Waals surface area contributed by atoms with Crippen molar-refractivity contribution in [2.45, 2.75) is 90.1 Å². The minimum absolute atomic E-state index is 0.260. The van der Waals surface area contributed by atoms with E-state index in [-0.39, 0.29) is 18.8 Å². The van der Waals surface area contributed by atoms with Crippen LogP contribution in [0.1, 0.15) is 66.2 Å². The quantitative estimate of drug-likeness (QED) is 0.334. The standard InChI is InChI=1S/C23H44N2O5/c1-5-8-12-26-18-20-22(28-13-9-6-2)23(4,29-14-10-7-3)21(30-20)19(16-25)17-27-15-11-24/h19-22H,5-15,17-18,24H2,1-4H3/t19?,20-,21?,22-,23+/m1/s1. The van der Waals surface area contributed by atoms with E-state index in [4.69, 9.17) is 29.4 Å². The van der Waals surface area contributed by atoms with Gasteiger partial charge in [-0.15, -0.1) is 0 Å². The first-order valence-electron chi connectivity index (χ1n) is 11.7. The lowest BCUT2D eigenvalue weighted by Crippen LogP contribution is -2.52. The van der Waals surface area contributed by atoms with Crippen molar-refractivity contribution in [2.75, 3.05) is 46.2 Å². The van der Waals surface area contributed by atoms with Crippen molar-refractivity contribution >= 4 is 0 Å². The third-order valence-corrected chi connectivity index (χ3v) is 5.51. The summed E-state index contributed by atoms with van der Waals surface area (Å²) in [6.45, 7) is 11.9. The minimum atomic E-state index is -0.742. The number of nitrogens with two attached hydrogens (primary N) is 1. The molecule has 0 bridgehead atoms. The number of hydrogen-bond acceptors (Lipinski definition) is 7. The summed E-state index contributed by atoms with van der Waals surface area (Å²) >= 11 is 0. The molecule has 30 heavy (non-hydrogen) atoms. The predicted octanol–water partition coefficient (Wildman–Crippen LogP) is 3.45. The maximum atomic E-state index is 9.85. The van der Waals surface area contributed by atoms with Crippen LogP contribution in [0.15, 0.2) is 0 Å². The lowest BCUT2D eigenvalue weighted by Gasteiger charge is -2.37. The van der Waals surface area contributed by atoms with Gasteiger partial charge in [-0.25, -0.2) is 0 Å². The van der Waals surface area contributed by atoms with Crippen molar-refractivity contribution in [1.82, 2.24) is 0 Å². The van der Waals surface area contributed by atoms with Gasteiger partial charge >= 0.3 is 0 Å². The van der Waals surface area contributed by atoms with Crippen LogP contribution in [-0.4, -0.2) is 70.1 Å². The van der Waals surface area contributed by atoms with Gasteiger partial charge in [0.1, 0.15) is 23.9 Å². The van der Waals surface area contributed by atoms with Gasteiger partial charge in [0.25, 0.3) is 0 Å². The summed E-state index contributed by atoms with van der Waals surface area (Å²) in [5, 5.41) is 9.85. The topological polar surface area (TPSA) is 96.0 Å². The Labute approximate surface area is 183 Å². The van der Waals surface area contributed by atoms with E-state index in [1.807, 2.05) is 6.92 Å². The van der Waals surface area contributed by atoms with Crippen molar-refractivity contribution in [3.05, 3.63) is 0 Å². The molecule has 0 aliphatic carbocycles. The molecule has 0 saturated carbocycles. The molecule has 2 unspecified atom stereocenters. The Bertz CT molecular complexity index is 473. The molecule has 0 aromatic rings. The van der Waals surface area contributed by atoms with Crippen molar-refractivity contribution < 1.29 is 23.7 Å². The fraction of sp³-hybridized carbons (Fsp3) is 0.957. The van der Waals surface area contributed by atoms with Crippen LogP contribution in [0.3, 0.4) is 0 Å². The van der Waals surface area contributed by atoms with Gasteiger partial charge in [-0.1, -0.05) is 40.0 Å². The van der Waals surface area contributed by atoms with Crippen LogP contribution in [0.25, 0.3) is 0 Å². The first-order chi connectivity index (χ1) is 14.6. The third-order valence-electron chi connectivity index (χ3n) is 5.51. The van der Waals surface area contributed by atoms with Gasteiger partial charge in [0.15, 0.2) is 0 Å². The highest BCUT2D eigenvalue weighted by atomic mass is 16.6. The molecule has 176 valence electrons. The second-order valence-electron chi connectivity index (χ2n) is 8.15. The van der Waals surface area contributed by atoms with Gasteiger partial charge in [0.2, 0.25) is 0 Å². The van der Waals surface area contributed by atoms with Crippen LogP contribution in [0.5, 0.6) is 0 Å². The summed E-state index contributed by atoms with van der Waals surface area (Å²) in [4.78, 5) is 0. The molecule has 5 atom stereocenters. The van der Waals surface area contributed by atoms with Crippen LogP contribution in [0, 0.1) is 17.2 Å². The molecule has 1 fully saturated rings. The summed E-state index contributed by atoms with van der Waals surface area (Å²) in [5.74, 6) is -0.471. The summed E-state index contributed by atoms with van der Waals surface area (Å²) in [7, 11) is 0. The van der Waals surface area contributed by atoms with E-state index in [2.05, 4.69) is 26.8 Å². The number of rotatable bonds is 18. The number of nitriles is 1. The molecule has 0 aromatic heterocycles. The summed E-state index contributed by atoms with van der Waals surface area (Å²) in [6.07, 6.45) is 5.07. The van der Waals surface area contributed by atoms with Crippen LogP contribution in [-0.2, 0) is 23.7 Å². The van der Waals surface area contributed by atoms with E-state index in [1.165, 1.54) is 0 Å². The van der Waals surface area contributed by atoms with Gasteiger partial charge in [-0.3, -0.25) is 0 Å². The Hall–Kier alpha value is -0.750. The van der Waals surface area contributed by atoms with E-state index in [0.717, 1.165) is 38.5 Å². The Morgan fingerprint density at radius 2 is 1.67 bits per heavy atom. The summed E-state index contributed by atoms with van der Waals surface area (Å²) < 4.78 is 30.6. The molecule has 1 aliphatic rings. The Morgan fingerprint density at radius 1 is 1.00 bits per heavy atom. The number of ether oxygens (including phenoxy) is 5. The summed E-state index contributed by atoms with van der Waals surface area (Å²) in [6, 6.07) is 2.37. The largest absolute Gasteiger partial charge is 0.379 e. The number of nitrogens with zero attached hydrogens (tertiary/aromatic N) is 1. The summed E-state index contributed by atoms with van der Waals surface area (Å²) in [5.41, 5.74) is 4.79. The maximum Gasteiger partial charge on any atom is 0.121 e. The zero-order chi connectivity index (χ0) is 22.2. The molecule has 7 heteroatoms. The molecule has 0 radical (unpaired) electrons. The average Bonchev–Trinajstić information content (AvgIpc) is 3.01. The van der Waals surface area contributed by atoms with Crippen LogP contribution < -0.4 is 5.73 Å². The molecule has 0 spiro atoms. The van der Waals surface area contributed by atoms with E-state index in [0.29, 0.717) is 39.6 Å². The second-order valence-corrected chi connectivity index (χ2v) is 8.15. The molecule has 7 nitrogen and oxygen atoms in total. The molecule has 1 rings (SSSR count). The smallest absolute Gasteiger partial charge is 0.121 e. The highest BCUT2D eigenvalue weighted by Gasteiger charge is 2.58. The zero-order valence-electron chi connectivity index (χ0n) is 19.6. The van der Waals surface area contributed by atoms with Crippen molar-refractivity contribution in [3.63, 3.8) is 0 Å². The fourth-order valence-electron chi connectivity index (χ4n) is 3.71. The van der Waals surface area contributed by atoms with Gasteiger partial charge in [0.05, 0.1) is 31.8 Å². The van der Waals surface area contributed by atoms with Gasteiger partial charge in [-0.2, -0.15) is 5.26 Å². The normalized spacial score (nSPS) is 27.3. The highest BCUT2D eigenvalue weighted by molar-refractivity contribution is 5.09. The van der Waals surface area contributed by atoms with Crippen molar-refractivity contribution in [1.29, 1.82) is 5.26 Å². The lowest BCUT2D eigenvalue weighted by atomic mass is 9.85. The minimum Gasteiger partial charge on any atom is -0.379 e. The van der Waals surface area contributed by atoms with Crippen LogP contribution >= 0.6 is 0 Å². The molecule has 0 aromatic carbocycles. The maximum absolute atomic E-state index is 9.85. The average molecular weight is 429 g/mol. The molecule has 1 heterocycles. The third kappa shape index (κ3) is 8.41. The van der Waals surface area contributed by atoms with Crippen LogP contribution in [0.2, 0.25) is 0 Å². The van der Waals surface area contributed by atoms with Crippen molar-refractivity contribution in [2.24, 2.45) is 11.7 Å². The Balaban J connectivity index is 3.02. The van der Waals surface area contributed by atoms with E-state index < -0.39 is 17.6 Å². The second kappa shape index (κ2) is 16.0. The Kier molecular flexibility index (Phi) is 14.5. The number of hydrogen-bond donors (Lipinski definition) is 1. The molecule has 1 saturated heterocycles. The van der Waals surface area contributed by atoms with E-state index in [1.54, 1.807) is 0 Å². The molecule has 2 N–H and O–H groups in total. The van der Waals surface area contributed by atoms with E-state index >= 15 is 0 Å². The predicted molar refractivity (Wildman–Crippen MR) is 117 cm³/mol. The molecular weight excluding hydrogens is 384 g/mol. The van der Waals surface area contributed by atoms with Gasteiger partial charge in [-0.05, 0) is 26.2 Å². The first-order valence-corrected chi connectivity index (χ1v) is 11.7. The van der Waals surface area contributed by atoms with E-state index in [9.17, 15) is 5.26 Å². The van der Waals surface area contributed by atoms with Gasteiger partial charge in [0, 0.05) is 26.4 Å². The monoisotopic (exact) mass is 428 g/mol. The fourth-order valence-corrected chi connectivity index (χ4v) is 3.71. The SMILES string of the molecule is CCCCOC[C@H]1OC(C(C#N)COCCN)[C@](C)(OCCCC)[C@@H]1OCCCC. The number of unbranched alkanes of at least 4 members (excludes halogenated alkanes) is 3.